The zero-order valence-electron chi connectivity index (χ0n) is 8.25. The van der Waals surface area contributed by atoms with Gasteiger partial charge in [0, 0.05) is 13.5 Å². The maximum absolute atomic E-state index is 10.7. The number of amides is 1. The third kappa shape index (κ3) is 4.27. The van der Waals surface area contributed by atoms with E-state index < -0.39 is 0 Å². The van der Waals surface area contributed by atoms with Crippen molar-refractivity contribution in [3.63, 3.8) is 0 Å². The van der Waals surface area contributed by atoms with Gasteiger partial charge in [-0.05, 0) is 25.2 Å². The van der Waals surface area contributed by atoms with Crippen LogP contribution in [0.4, 0.5) is 0 Å². The van der Waals surface area contributed by atoms with Gasteiger partial charge in [-0.2, -0.15) is 0 Å². The summed E-state index contributed by atoms with van der Waals surface area (Å²) in [6.07, 6.45) is 5.06. The van der Waals surface area contributed by atoms with Gasteiger partial charge in [-0.15, -0.1) is 0 Å². The Morgan fingerprint density at radius 3 is 2.85 bits per heavy atom. The van der Waals surface area contributed by atoms with Crippen molar-refractivity contribution in [1.29, 1.82) is 0 Å². The van der Waals surface area contributed by atoms with Crippen LogP contribution in [0.15, 0.2) is 0 Å². The maximum Gasteiger partial charge on any atom is 0.216 e. The van der Waals surface area contributed by atoms with Gasteiger partial charge < -0.3 is 10.4 Å². The molecule has 0 spiro atoms. The molecule has 2 N–H and O–H groups in total. The van der Waals surface area contributed by atoms with E-state index in [-0.39, 0.29) is 12.0 Å². The number of aliphatic hydroxyl groups is 1. The van der Waals surface area contributed by atoms with Gasteiger partial charge in [0.2, 0.25) is 5.91 Å². The lowest BCUT2D eigenvalue weighted by atomic mass is 9.99. The smallest absolute Gasteiger partial charge is 0.216 e. The Bertz CT molecular complexity index is 170. The van der Waals surface area contributed by atoms with Gasteiger partial charge in [0.15, 0.2) is 0 Å². The Morgan fingerprint density at radius 2 is 2.15 bits per heavy atom. The summed E-state index contributed by atoms with van der Waals surface area (Å²) in [5.41, 5.74) is 0. The Balaban J connectivity index is 2.26. The van der Waals surface area contributed by atoms with E-state index in [1.807, 2.05) is 0 Å². The highest BCUT2D eigenvalue weighted by Gasteiger charge is 2.18. The van der Waals surface area contributed by atoms with Crippen LogP contribution in [0.2, 0.25) is 0 Å². The highest BCUT2D eigenvalue weighted by molar-refractivity contribution is 5.72. The molecule has 1 aliphatic rings. The minimum Gasteiger partial charge on any atom is -0.393 e. The first-order valence-corrected chi connectivity index (χ1v) is 5.11. The molecule has 2 atom stereocenters. The summed E-state index contributed by atoms with van der Waals surface area (Å²) in [6, 6.07) is 0. The Kier molecular flexibility index (Phi) is 4.22. The average Bonchev–Trinajstić information content (AvgIpc) is 2.26. The molecule has 1 rings (SSSR count). The van der Waals surface area contributed by atoms with Crippen LogP contribution in [0.5, 0.6) is 0 Å². The highest BCUT2D eigenvalue weighted by atomic mass is 16.3. The molecule has 0 bridgehead atoms. The topological polar surface area (TPSA) is 49.3 Å². The van der Waals surface area contributed by atoms with Crippen molar-refractivity contribution in [2.45, 2.75) is 45.1 Å². The van der Waals surface area contributed by atoms with E-state index in [9.17, 15) is 9.90 Å². The number of hydrogen-bond acceptors (Lipinski definition) is 2. The largest absolute Gasteiger partial charge is 0.393 e. The molecule has 76 valence electrons. The predicted octanol–water partition coefficient (Wildman–Crippen LogP) is 1.06. The zero-order chi connectivity index (χ0) is 9.68. The van der Waals surface area contributed by atoms with Crippen molar-refractivity contribution < 1.29 is 9.90 Å². The fraction of sp³-hybridized carbons (Fsp3) is 0.900. The van der Waals surface area contributed by atoms with Gasteiger partial charge in [-0.3, -0.25) is 4.79 Å². The molecule has 13 heavy (non-hydrogen) atoms. The Labute approximate surface area is 79.5 Å². The summed E-state index contributed by atoms with van der Waals surface area (Å²) in [5, 5.41) is 12.3. The third-order valence-electron chi connectivity index (χ3n) is 2.64. The average molecular weight is 185 g/mol. The summed E-state index contributed by atoms with van der Waals surface area (Å²) >= 11 is 0. The van der Waals surface area contributed by atoms with Crippen molar-refractivity contribution in [3.8, 4) is 0 Å². The monoisotopic (exact) mass is 185 g/mol. The van der Waals surface area contributed by atoms with E-state index in [1.165, 1.54) is 13.3 Å². The molecule has 1 fully saturated rings. The molecular formula is C10H19NO2. The second-order valence-corrected chi connectivity index (χ2v) is 3.98. The number of rotatable bonds is 2. The lowest BCUT2D eigenvalue weighted by Crippen LogP contribution is -2.28. The maximum atomic E-state index is 10.7. The van der Waals surface area contributed by atoms with E-state index in [1.54, 1.807) is 0 Å². The molecule has 0 heterocycles. The highest BCUT2D eigenvalue weighted by Crippen LogP contribution is 2.22. The van der Waals surface area contributed by atoms with Crippen LogP contribution in [-0.2, 0) is 4.79 Å². The lowest BCUT2D eigenvalue weighted by Gasteiger charge is -2.16. The summed E-state index contributed by atoms with van der Waals surface area (Å²) in [4.78, 5) is 10.7. The molecule has 0 aliphatic heterocycles. The van der Waals surface area contributed by atoms with Crippen molar-refractivity contribution in [3.05, 3.63) is 0 Å². The van der Waals surface area contributed by atoms with E-state index in [2.05, 4.69) is 5.32 Å². The quantitative estimate of drug-likeness (QED) is 0.632. The molecule has 1 aliphatic carbocycles. The molecular weight excluding hydrogens is 166 g/mol. The first-order valence-electron chi connectivity index (χ1n) is 5.11. The van der Waals surface area contributed by atoms with Gasteiger partial charge in [0.1, 0.15) is 0 Å². The van der Waals surface area contributed by atoms with Gasteiger partial charge in [-0.1, -0.05) is 12.8 Å². The molecule has 3 heteroatoms. The normalized spacial score (nSPS) is 29.4. The van der Waals surface area contributed by atoms with Crippen LogP contribution in [0, 0.1) is 5.92 Å². The molecule has 1 amide bonds. The standard InChI is InChI=1S/C10H19NO2/c1-8(12)11-7-9-4-2-3-5-10(13)6-9/h9-10,13H,2-7H2,1H3,(H,11,12). The molecule has 0 radical (unpaired) electrons. The van der Waals surface area contributed by atoms with Crippen LogP contribution in [-0.4, -0.2) is 23.7 Å². The van der Waals surface area contributed by atoms with Crippen LogP contribution in [0.3, 0.4) is 0 Å². The van der Waals surface area contributed by atoms with Gasteiger partial charge in [0.25, 0.3) is 0 Å². The summed E-state index contributed by atoms with van der Waals surface area (Å²) in [5.74, 6) is 0.500. The summed E-state index contributed by atoms with van der Waals surface area (Å²) in [7, 11) is 0. The van der Waals surface area contributed by atoms with E-state index in [0.717, 1.165) is 32.2 Å². The second kappa shape index (κ2) is 5.22. The van der Waals surface area contributed by atoms with Crippen LogP contribution in [0.25, 0.3) is 0 Å². The zero-order valence-corrected chi connectivity index (χ0v) is 8.25. The van der Waals surface area contributed by atoms with Gasteiger partial charge >= 0.3 is 0 Å². The molecule has 2 unspecified atom stereocenters. The first-order chi connectivity index (χ1) is 6.18. The predicted molar refractivity (Wildman–Crippen MR) is 51.3 cm³/mol. The summed E-state index contributed by atoms with van der Waals surface area (Å²) in [6.45, 7) is 2.26. The SMILES string of the molecule is CC(=O)NCC1CCCCC(O)C1. The van der Waals surface area contributed by atoms with Gasteiger partial charge in [0.05, 0.1) is 6.10 Å². The molecule has 3 nitrogen and oxygen atoms in total. The van der Waals surface area contributed by atoms with Crippen molar-refractivity contribution in [2.24, 2.45) is 5.92 Å². The fourth-order valence-electron chi connectivity index (χ4n) is 1.91. The van der Waals surface area contributed by atoms with Gasteiger partial charge in [-0.25, -0.2) is 0 Å². The molecule has 0 saturated heterocycles. The van der Waals surface area contributed by atoms with Crippen LogP contribution >= 0.6 is 0 Å². The van der Waals surface area contributed by atoms with Crippen LogP contribution in [0.1, 0.15) is 39.0 Å². The molecule has 0 aromatic carbocycles. The van der Waals surface area contributed by atoms with Crippen molar-refractivity contribution >= 4 is 5.91 Å². The third-order valence-corrected chi connectivity index (χ3v) is 2.64. The molecule has 0 aromatic heterocycles. The van der Waals surface area contributed by atoms with E-state index >= 15 is 0 Å². The minimum atomic E-state index is -0.152. The van der Waals surface area contributed by atoms with Crippen molar-refractivity contribution in [2.75, 3.05) is 6.54 Å². The minimum absolute atomic E-state index is 0.0266. The number of carbonyl (C=O) groups excluding carboxylic acids is 1. The Hall–Kier alpha value is -0.570. The van der Waals surface area contributed by atoms with Crippen LogP contribution < -0.4 is 5.32 Å². The van der Waals surface area contributed by atoms with E-state index in [4.69, 9.17) is 0 Å². The van der Waals surface area contributed by atoms with E-state index in [0.29, 0.717) is 5.92 Å². The molecule has 1 saturated carbocycles. The number of hydrogen-bond donors (Lipinski definition) is 2. The first kappa shape index (κ1) is 10.5. The number of nitrogens with one attached hydrogen (secondary N) is 1. The molecule has 0 aromatic rings. The second-order valence-electron chi connectivity index (χ2n) is 3.98. The lowest BCUT2D eigenvalue weighted by molar-refractivity contribution is -0.119. The van der Waals surface area contributed by atoms with Crippen molar-refractivity contribution in [1.82, 2.24) is 5.32 Å². The Morgan fingerprint density at radius 1 is 1.46 bits per heavy atom. The number of aliphatic hydroxyl groups excluding tert-OH is 1. The summed E-state index contributed by atoms with van der Waals surface area (Å²) < 4.78 is 0. The fourth-order valence-corrected chi connectivity index (χ4v) is 1.91. The number of carbonyl (C=O) groups is 1.